The van der Waals surface area contributed by atoms with Gasteiger partial charge in [0.1, 0.15) is 0 Å². The van der Waals surface area contributed by atoms with Crippen LogP contribution in [0.5, 0.6) is 11.5 Å². The predicted octanol–water partition coefficient (Wildman–Crippen LogP) is 4.66. The Labute approximate surface area is 206 Å². The van der Waals surface area contributed by atoms with E-state index < -0.39 is 0 Å². The van der Waals surface area contributed by atoms with Crippen molar-refractivity contribution >= 4 is 29.1 Å². The van der Waals surface area contributed by atoms with Gasteiger partial charge in [-0.05, 0) is 42.0 Å². The van der Waals surface area contributed by atoms with Gasteiger partial charge in [0, 0.05) is 23.7 Å². The van der Waals surface area contributed by atoms with Crippen molar-refractivity contribution < 1.29 is 19.1 Å². The fraction of sp³-hybridized carbons (Fsp3) is 0.154. The molecule has 0 saturated heterocycles. The zero-order chi connectivity index (χ0) is 24.2. The van der Waals surface area contributed by atoms with E-state index in [9.17, 15) is 9.59 Å². The first-order valence-electron chi connectivity index (χ1n) is 11.0. The molecule has 8 nitrogen and oxygen atoms in total. The lowest BCUT2D eigenvalue weighted by Crippen LogP contribution is -2.08. The number of benzene rings is 3. The highest BCUT2D eigenvalue weighted by Crippen LogP contribution is 2.34. The molecule has 4 aromatic rings. The molecule has 5 rings (SSSR count). The van der Waals surface area contributed by atoms with Gasteiger partial charge >= 0.3 is 0 Å². The van der Waals surface area contributed by atoms with Gasteiger partial charge < -0.3 is 14.8 Å². The second-order valence-corrected chi connectivity index (χ2v) is 8.86. The van der Waals surface area contributed by atoms with Crippen LogP contribution in [0, 0.1) is 0 Å². The molecule has 0 radical (unpaired) electrons. The van der Waals surface area contributed by atoms with Crippen molar-refractivity contribution in [3.05, 3.63) is 83.9 Å². The van der Waals surface area contributed by atoms with E-state index >= 15 is 0 Å². The highest BCUT2D eigenvalue weighted by molar-refractivity contribution is 7.99. The Hall–Kier alpha value is -4.11. The molecule has 3 aromatic carbocycles. The summed E-state index contributed by atoms with van der Waals surface area (Å²) in [5.41, 5.74) is 3.16. The molecule has 1 aliphatic rings. The summed E-state index contributed by atoms with van der Waals surface area (Å²) in [6.45, 7) is 2.17. The van der Waals surface area contributed by atoms with Gasteiger partial charge in [0.25, 0.3) is 0 Å². The van der Waals surface area contributed by atoms with E-state index in [0.29, 0.717) is 28.7 Å². The lowest BCUT2D eigenvalue weighted by atomic mass is 10.1. The molecule has 176 valence electrons. The van der Waals surface area contributed by atoms with Gasteiger partial charge in [-0.1, -0.05) is 48.2 Å². The minimum atomic E-state index is -0.157. The summed E-state index contributed by atoms with van der Waals surface area (Å²) in [5.74, 6) is 2.17. The molecule has 0 atom stereocenters. The Bertz CT molecular complexity index is 1370. The van der Waals surface area contributed by atoms with Crippen molar-refractivity contribution in [1.82, 2.24) is 14.8 Å². The van der Waals surface area contributed by atoms with Gasteiger partial charge in [-0.2, -0.15) is 0 Å². The number of ether oxygens (including phenoxy) is 2. The van der Waals surface area contributed by atoms with Crippen LogP contribution in [0.4, 0.5) is 5.69 Å². The summed E-state index contributed by atoms with van der Waals surface area (Å²) < 4.78 is 13.0. The number of nitrogens with zero attached hydrogens (tertiary/aromatic N) is 3. The lowest BCUT2D eigenvalue weighted by Gasteiger charge is -2.11. The van der Waals surface area contributed by atoms with Crippen molar-refractivity contribution in [2.24, 2.45) is 0 Å². The van der Waals surface area contributed by atoms with E-state index in [1.807, 2.05) is 53.1 Å². The Morgan fingerprint density at radius 3 is 2.51 bits per heavy atom. The number of aromatic nitrogens is 3. The molecular formula is C26H22N4O4S. The average molecular weight is 487 g/mol. The molecule has 1 aromatic heterocycles. The minimum absolute atomic E-state index is 0.0386. The standard InChI is InChI=1S/C26H22N4O4S/c1-17(31)27-21-10-8-19(9-11-21)22(32)15-35-26-29-28-25(20-5-3-2-4-6-20)30(26)14-18-7-12-23-24(13-18)34-16-33-23/h2-13H,14-16H2,1H3,(H,27,31). The molecule has 35 heavy (non-hydrogen) atoms. The van der Waals surface area contributed by atoms with E-state index in [2.05, 4.69) is 15.5 Å². The molecule has 1 N–H and O–H groups in total. The maximum Gasteiger partial charge on any atom is 0.231 e. The molecule has 2 heterocycles. The van der Waals surface area contributed by atoms with Crippen molar-refractivity contribution in [3.63, 3.8) is 0 Å². The Balaban J connectivity index is 1.37. The van der Waals surface area contributed by atoms with Crippen LogP contribution in [-0.2, 0) is 11.3 Å². The van der Waals surface area contributed by atoms with E-state index in [0.717, 1.165) is 22.7 Å². The molecule has 0 spiro atoms. The molecule has 1 aliphatic heterocycles. The number of anilines is 1. The van der Waals surface area contributed by atoms with Gasteiger partial charge in [-0.15, -0.1) is 10.2 Å². The van der Waals surface area contributed by atoms with Gasteiger partial charge in [0.2, 0.25) is 12.7 Å². The van der Waals surface area contributed by atoms with Crippen molar-refractivity contribution in [2.45, 2.75) is 18.6 Å². The topological polar surface area (TPSA) is 95.3 Å². The fourth-order valence-corrected chi connectivity index (χ4v) is 4.55. The summed E-state index contributed by atoms with van der Waals surface area (Å²) >= 11 is 1.34. The van der Waals surface area contributed by atoms with Crippen LogP contribution in [0.2, 0.25) is 0 Å². The molecule has 0 fully saturated rings. The van der Waals surface area contributed by atoms with Crippen LogP contribution in [0.15, 0.2) is 78.0 Å². The highest BCUT2D eigenvalue weighted by atomic mass is 32.2. The Morgan fingerprint density at radius 1 is 0.971 bits per heavy atom. The number of thioether (sulfide) groups is 1. The van der Waals surface area contributed by atoms with Gasteiger partial charge in [0.05, 0.1) is 12.3 Å². The van der Waals surface area contributed by atoms with Crippen LogP contribution in [-0.4, -0.2) is 39.0 Å². The monoisotopic (exact) mass is 486 g/mol. The van der Waals surface area contributed by atoms with Crippen LogP contribution >= 0.6 is 11.8 Å². The normalized spacial score (nSPS) is 11.9. The number of hydrogen-bond acceptors (Lipinski definition) is 7. The van der Waals surface area contributed by atoms with Gasteiger partial charge in [0.15, 0.2) is 28.3 Å². The predicted molar refractivity (Wildman–Crippen MR) is 133 cm³/mol. The third kappa shape index (κ3) is 5.20. The highest BCUT2D eigenvalue weighted by Gasteiger charge is 2.19. The lowest BCUT2D eigenvalue weighted by molar-refractivity contribution is -0.114. The largest absolute Gasteiger partial charge is 0.454 e. The van der Waals surface area contributed by atoms with Crippen molar-refractivity contribution in [3.8, 4) is 22.9 Å². The van der Waals surface area contributed by atoms with E-state index in [1.54, 1.807) is 24.3 Å². The number of amides is 1. The molecular weight excluding hydrogens is 464 g/mol. The van der Waals surface area contributed by atoms with E-state index in [1.165, 1.54) is 18.7 Å². The van der Waals surface area contributed by atoms with Crippen molar-refractivity contribution in [1.29, 1.82) is 0 Å². The second kappa shape index (κ2) is 10.0. The molecule has 1 amide bonds. The van der Waals surface area contributed by atoms with Crippen LogP contribution in [0.1, 0.15) is 22.8 Å². The zero-order valence-electron chi connectivity index (χ0n) is 18.9. The van der Waals surface area contributed by atoms with E-state index in [4.69, 9.17) is 9.47 Å². The SMILES string of the molecule is CC(=O)Nc1ccc(C(=O)CSc2nnc(-c3ccccc3)n2Cc2ccc3c(c2)OCO3)cc1. The van der Waals surface area contributed by atoms with Crippen LogP contribution in [0.3, 0.4) is 0 Å². The van der Waals surface area contributed by atoms with Crippen LogP contribution < -0.4 is 14.8 Å². The summed E-state index contributed by atoms with van der Waals surface area (Å²) in [6, 6.07) is 22.5. The van der Waals surface area contributed by atoms with Gasteiger partial charge in [-0.3, -0.25) is 14.2 Å². The maximum atomic E-state index is 12.8. The molecule has 0 unspecified atom stereocenters. The molecule has 0 aliphatic carbocycles. The molecule has 9 heteroatoms. The average Bonchev–Trinajstić information content (AvgIpc) is 3.50. The maximum absolute atomic E-state index is 12.8. The van der Waals surface area contributed by atoms with Crippen LogP contribution in [0.25, 0.3) is 11.4 Å². The number of rotatable bonds is 8. The number of Topliss-reactive ketones (excluding diaryl/α,β-unsaturated/α-hetero) is 1. The third-order valence-corrected chi connectivity index (χ3v) is 6.35. The first-order chi connectivity index (χ1) is 17.1. The fourth-order valence-electron chi connectivity index (χ4n) is 3.72. The first kappa shape index (κ1) is 22.7. The Kier molecular flexibility index (Phi) is 6.49. The summed E-state index contributed by atoms with van der Waals surface area (Å²) in [6.07, 6.45) is 0. The number of carbonyl (C=O) groups is 2. The zero-order valence-corrected chi connectivity index (χ0v) is 19.7. The first-order valence-corrected chi connectivity index (χ1v) is 12.0. The number of nitrogens with one attached hydrogen (secondary N) is 1. The molecule has 0 saturated carbocycles. The van der Waals surface area contributed by atoms with Gasteiger partial charge in [-0.25, -0.2) is 0 Å². The molecule has 0 bridgehead atoms. The number of fused-ring (bicyclic) bond motifs is 1. The van der Waals surface area contributed by atoms with E-state index in [-0.39, 0.29) is 24.2 Å². The number of ketones is 1. The minimum Gasteiger partial charge on any atom is -0.454 e. The summed E-state index contributed by atoms with van der Waals surface area (Å²) in [5, 5.41) is 12.2. The Morgan fingerprint density at radius 2 is 1.74 bits per heavy atom. The number of hydrogen-bond donors (Lipinski definition) is 1. The quantitative estimate of drug-likeness (QED) is 0.286. The third-order valence-electron chi connectivity index (χ3n) is 5.39. The second-order valence-electron chi connectivity index (χ2n) is 7.92. The summed E-state index contributed by atoms with van der Waals surface area (Å²) in [4.78, 5) is 24.0. The van der Waals surface area contributed by atoms with Crippen molar-refractivity contribution in [2.75, 3.05) is 17.9 Å². The smallest absolute Gasteiger partial charge is 0.231 e. The number of carbonyl (C=O) groups excluding carboxylic acids is 2. The summed E-state index contributed by atoms with van der Waals surface area (Å²) in [7, 11) is 0.